The largest absolute Gasteiger partial charge is 0.365 e. The molecule has 26 heavy (non-hydrogen) atoms. The number of fused-ring (bicyclic) bond motifs is 3. The molecule has 1 unspecified atom stereocenters. The van der Waals surface area contributed by atoms with Crippen LogP contribution in [0.5, 0.6) is 0 Å². The van der Waals surface area contributed by atoms with Crippen LogP contribution >= 0.6 is 0 Å². The van der Waals surface area contributed by atoms with Crippen molar-refractivity contribution in [3.8, 4) is 0 Å². The Kier molecular flexibility index (Phi) is 3.53. The molecule has 5 heterocycles. The highest BCUT2D eigenvalue weighted by molar-refractivity contribution is 5.74. The molecule has 9 heteroatoms. The van der Waals surface area contributed by atoms with Gasteiger partial charge in [-0.05, 0) is 18.9 Å². The van der Waals surface area contributed by atoms with Gasteiger partial charge in [0.25, 0.3) is 5.92 Å². The standard InChI is InChI=1S/C17H20F2N6O/c18-17(19)9-24(10-17)16(26)23-5-1-2-11(8-23)13-6-21-14-7-22-15-12(25(13)14)3-4-20-15/h3-4,6-7,11,16,20,26H,1-2,5,8-10H2/t11-,16?/m1/s1. The molecular weight excluding hydrogens is 342 g/mol. The summed E-state index contributed by atoms with van der Waals surface area (Å²) in [7, 11) is 0. The number of aromatic amines is 1. The van der Waals surface area contributed by atoms with Crippen LogP contribution in [0.2, 0.25) is 0 Å². The van der Waals surface area contributed by atoms with Crippen molar-refractivity contribution in [3.05, 3.63) is 30.4 Å². The quantitative estimate of drug-likeness (QED) is 0.741. The van der Waals surface area contributed by atoms with E-state index in [-0.39, 0.29) is 19.0 Å². The zero-order valence-electron chi connectivity index (χ0n) is 14.1. The van der Waals surface area contributed by atoms with Crippen molar-refractivity contribution >= 4 is 16.8 Å². The van der Waals surface area contributed by atoms with Crippen molar-refractivity contribution in [2.24, 2.45) is 0 Å². The van der Waals surface area contributed by atoms with E-state index in [2.05, 4.69) is 19.4 Å². The number of hydrogen-bond donors (Lipinski definition) is 2. The maximum atomic E-state index is 13.1. The number of aliphatic hydroxyl groups is 1. The molecule has 2 fully saturated rings. The van der Waals surface area contributed by atoms with E-state index in [1.165, 1.54) is 4.90 Å². The number of rotatable bonds is 3. The Labute approximate surface area is 148 Å². The molecule has 0 radical (unpaired) electrons. The van der Waals surface area contributed by atoms with E-state index in [0.717, 1.165) is 35.3 Å². The van der Waals surface area contributed by atoms with E-state index in [1.807, 2.05) is 23.4 Å². The first-order valence-electron chi connectivity index (χ1n) is 8.85. The second-order valence-electron chi connectivity index (χ2n) is 7.29. The molecule has 7 nitrogen and oxygen atoms in total. The summed E-state index contributed by atoms with van der Waals surface area (Å²) < 4.78 is 28.3. The average molecular weight is 362 g/mol. The van der Waals surface area contributed by atoms with Gasteiger partial charge in [-0.2, -0.15) is 0 Å². The lowest BCUT2D eigenvalue weighted by Gasteiger charge is -2.47. The number of aliphatic hydroxyl groups excluding tert-OH is 1. The van der Waals surface area contributed by atoms with Gasteiger partial charge in [0, 0.05) is 37.1 Å². The number of hydrogen-bond acceptors (Lipinski definition) is 5. The highest BCUT2D eigenvalue weighted by atomic mass is 19.3. The van der Waals surface area contributed by atoms with Crippen LogP contribution in [0.1, 0.15) is 24.5 Å². The lowest BCUT2D eigenvalue weighted by atomic mass is 9.95. The van der Waals surface area contributed by atoms with Crippen molar-refractivity contribution in [2.75, 3.05) is 26.2 Å². The van der Waals surface area contributed by atoms with E-state index >= 15 is 0 Å². The Bertz CT molecular complexity index is 945. The van der Waals surface area contributed by atoms with E-state index in [4.69, 9.17) is 0 Å². The molecule has 0 spiro atoms. The molecule has 0 aliphatic carbocycles. The molecule has 2 N–H and O–H groups in total. The maximum Gasteiger partial charge on any atom is 0.273 e. The Morgan fingerprint density at radius 1 is 1.23 bits per heavy atom. The van der Waals surface area contributed by atoms with Crippen LogP contribution in [0.3, 0.4) is 0 Å². The summed E-state index contributed by atoms with van der Waals surface area (Å²) >= 11 is 0. The van der Waals surface area contributed by atoms with Crippen LogP contribution in [0, 0.1) is 0 Å². The van der Waals surface area contributed by atoms with E-state index in [9.17, 15) is 13.9 Å². The monoisotopic (exact) mass is 362 g/mol. The predicted octanol–water partition coefficient (Wildman–Crippen LogP) is 1.62. The summed E-state index contributed by atoms with van der Waals surface area (Å²) in [6.07, 6.45) is 6.37. The Balaban J connectivity index is 1.42. The van der Waals surface area contributed by atoms with Gasteiger partial charge in [0.05, 0.1) is 24.8 Å². The van der Waals surface area contributed by atoms with Gasteiger partial charge in [-0.15, -0.1) is 0 Å². The second-order valence-corrected chi connectivity index (χ2v) is 7.29. The second kappa shape index (κ2) is 5.70. The van der Waals surface area contributed by atoms with Crippen molar-refractivity contribution in [1.29, 1.82) is 0 Å². The minimum absolute atomic E-state index is 0.177. The van der Waals surface area contributed by atoms with Gasteiger partial charge in [-0.1, -0.05) is 0 Å². The molecule has 0 saturated carbocycles. The van der Waals surface area contributed by atoms with Gasteiger partial charge in [0.2, 0.25) is 0 Å². The highest BCUT2D eigenvalue weighted by Crippen LogP contribution is 2.33. The maximum absolute atomic E-state index is 13.1. The van der Waals surface area contributed by atoms with Crippen LogP contribution in [0.15, 0.2) is 24.7 Å². The van der Waals surface area contributed by atoms with E-state index in [1.54, 1.807) is 6.20 Å². The van der Waals surface area contributed by atoms with Crippen LogP contribution < -0.4 is 0 Å². The number of aromatic nitrogens is 4. The molecule has 3 aromatic rings. The summed E-state index contributed by atoms with van der Waals surface area (Å²) in [5.41, 5.74) is 3.62. The van der Waals surface area contributed by atoms with Gasteiger partial charge < -0.3 is 10.1 Å². The summed E-state index contributed by atoms with van der Waals surface area (Å²) in [6, 6.07) is 1.97. The van der Waals surface area contributed by atoms with Crippen LogP contribution in [0.4, 0.5) is 8.78 Å². The smallest absolute Gasteiger partial charge is 0.273 e. The van der Waals surface area contributed by atoms with Crippen molar-refractivity contribution in [1.82, 2.24) is 29.2 Å². The number of halogens is 2. The number of H-pyrrole nitrogens is 1. The number of piperidine rings is 1. The highest BCUT2D eigenvalue weighted by Gasteiger charge is 2.48. The summed E-state index contributed by atoms with van der Waals surface area (Å²) in [4.78, 5) is 15.2. The first-order chi connectivity index (χ1) is 12.5. The molecule has 0 amide bonds. The Morgan fingerprint density at radius 3 is 2.88 bits per heavy atom. The molecule has 2 saturated heterocycles. The number of alkyl halides is 2. The molecule has 5 rings (SSSR count). The van der Waals surface area contributed by atoms with Crippen molar-refractivity contribution in [2.45, 2.75) is 31.0 Å². The summed E-state index contributed by atoms with van der Waals surface area (Å²) in [6.45, 7) is 0.573. The molecule has 3 aromatic heterocycles. The van der Waals surface area contributed by atoms with Crippen molar-refractivity contribution < 1.29 is 13.9 Å². The fourth-order valence-corrected chi connectivity index (χ4v) is 4.18. The molecule has 138 valence electrons. The first-order valence-corrected chi connectivity index (χ1v) is 8.85. The third-order valence-electron chi connectivity index (χ3n) is 5.46. The van der Waals surface area contributed by atoms with Crippen molar-refractivity contribution in [3.63, 3.8) is 0 Å². The molecule has 0 aromatic carbocycles. The normalized spacial score (nSPS) is 25.6. The fourth-order valence-electron chi connectivity index (χ4n) is 4.18. The number of nitrogens with zero attached hydrogens (tertiary/aromatic N) is 5. The Hall–Kier alpha value is -2.10. The fraction of sp³-hybridized carbons (Fsp3) is 0.529. The van der Waals surface area contributed by atoms with Crippen LogP contribution in [-0.4, -0.2) is 72.7 Å². The summed E-state index contributed by atoms with van der Waals surface area (Å²) in [5.74, 6) is -2.50. The SMILES string of the molecule is OC(N1CCC[C@@H](c2cnc3cnc4[nH]ccc4n23)C1)N1CC(F)(F)C1. The van der Waals surface area contributed by atoms with Crippen LogP contribution in [-0.2, 0) is 0 Å². The Morgan fingerprint density at radius 2 is 2.08 bits per heavy atom. The summed E-state index contributed by atoms with van der Waals surface area (Å²) in [5, 5.41) is 10.5. The van der Waals surface area contributed by atoms with E-state index in [0.29, 0.717) is 13.1 Å². The lowest BCUT2D eigenvalue weighted by molar-refractivity contribution is -0.227. The number of nitrogens with one attached hydrogen (secondary N) is 1. The molecule has 2 aliphatic rings. The third-order valence-corrected chi connectivity index (χ3v) is 5.46. The predicted molar refractivity (Wildman–Crippen MR) is 90.9 cm³/mol. The molecule has 0 bridgehead atoms. The van der Waals surface area contributed by atoms with Crippen LogP contribution in [0.25, 0.3) is 16.8 Å². The molecular formula is C17H20F2N6O. The molecule has 2 atom stereocenters. The third kappa shape index (κ3) is 2.50. The van der Waals surface area contributed by atoms with Gasteiger partial charge in [-0.25, -0.2) is 18.7 Å². The minimum atomic E-state index is -2.68. The van der Waals surface area contributed by atoms with Gasteiger partial charge in [-0.3, -0.25) is 14.2 Å². The number of likely N-dealkylation sites (tertiary alicyclic amines) is 2. The zero-order chi connectivity index (χ0) is 17.9. The number of imidazole rings is 1. The first kappa shape index (κ1) is 16.1. The van der Waals surface area contributed by atoms with E-state index < -0.39 is 12.3 Å². The zero-order valence-corrected chi connectivity index (χ0v) is 14.1. The average Bonchev–Trinajstić information content (AvgIpc) is 3.24. The van der Waals surface area contributed by atoms with Gasteiger partial charge in [0.15, 0.2) is 17.6 Å². The topological polar surface area (TPSA) is 72.7 Å². The minimum Gasteiger partial charge on any atom is -0.365 e. The lowest BCUT2D eigenvalue weighted by Crippen LogP contribution is -2.64. The van der Waals surface area contributed by atoms with Gasteiger partial charge in [0.1, 0.15) is 0 Å². The van der Waals surface area contributed by atoms with Gasteiger partial charge >= 0.3 is 0 Å². The molecule has 2 aliphatic heterocycles.